The Labute approximate surface area is 206 Å². The summed E-state index contributed by atoms with van der Waals surface area (Å²) in [5.74, 6) is 0.549. The van der Waals surface area contributed by atoms with E-state index in [9.17, 15) is 10.1 Å². The van der Waals surface area contributed by atoms with E-state index in [1.165, 1.54) is 11.6 Å². The summed E-state index contributed by atoms with van der Waals surface area (Å²) in [6.45, 7) is 4.72. The van der Waals surface area contributed by atoms with Gasteiger partial charge in [-0.25, -0.2) is 0 Å². The van der Waals surface area contributed by atoms with Gasteiger partial charge in [-0.15, -0.1) is 0 Å². The summed E-state index contributed by atoms with van der Waals surface area (Å²) in [4.78, 5) is 12.6. The molecule has 1 N–H and O–H groups in total. The molecular weight excluding hydrogens is 504 g/mol. The van der Waals surface area contributed by atoms with E-state index >= 15 is 0 Å². The molecule has 168 valence electrons. The number of carbonyl (C=O) groups excluding carboxylic acids is 1. The van der Waals surface area contributed by atoms with Gasteiger partial charge >= 0.3 is 0 Å². The molecule has 0 saturated carbocycles. The second-order valence-electron chi connectivity index (χ2n) is 7.17. The van der Waals surface area contributed by atoms with Crippen LogP contribution >= 0.6 is 27.5 Å². The van der Waals surface area contributed by atoms with Gasteiger partial charge in [0.1, 0.15) is 18.2 Å². The lowest BCUT2D eigenvalue weighted by molar-refractivity contribution is -0.112. The Kier molecular flexibility index (Phi) is 8.53. The molecule has 0 bridgehead atoms. The molecule has 0 fully saturated rings. The minimum absolute atomic E-state index is 0.0485. The second-order valence-corrected chi connectivity index (χ2v) is 8.46. The number of hydrogen-bond donors (Lipinski definition) is 1. The highest BCUT2D eigenvalue weighted by molar-refractivity contribution is 9.10. The molecule has 3 aromatic carbocycles. The first kappa shape index (κ1) is 24.4. The fourth-order valence-electron chi connectivity index (χ4n) is 2.96. The van der Waals surface area contributed by atoms with Crippen LogP contribution in [0.5, 0.6) is 11.5 Å². The van der Waals surface area contributed by atoms with Crippen molar-refractivity contribution in [2.24, 2.45) is 0 Å². The van der Waals surface area contributed by atoms with Gasteiger partial charge in [0.25, 0.3) is 5.91 Å². The maximum absolute atomic E-state index is 12.6. The van der Waals surface area contributed by atoms with E-state index in [4.69, 9.17) is 21.1 Å². The Balaban J connectivity index is 1.83. The van der Waals surface area contributed by atoms with Gasteiger partial charge in [-0.2, -0.15) is 5.26 Å². The molecular formula is C26H22BrClN2O3. The summed E-state index contributed by atoms with van der Waals surface area (Å²) in [6.07, 6.45) is 1.50. The maximum atomic E-state index is 12.6. The predicted molar refractivity (Wildman–Crippen MR) is 134 cm³/mol. The monoisotopic (exact) mass is 524 g/mol. The van der Waals surface area contributed by atoms with E-state index < -0.39 is 5.91 Å². The van der Waals surface area contributed by atoms with Crippen LogP contribution in [-0.4, -0.2) is 12.5 Å². The van der Waals surface area contributed by atoms with Gasteiger partial charge in [0, 0.05) is 10.7 Å². The summed E-state index contributed by atoms with van der Waals surface area (Å²) >= 11 is 9.41. The van der Waals surface area contributed by atoms with Crippen molar-refractivity contribution in [3.63, 3.8) is 0 Å². The van der Waals surface area contributed by atoms with Crippen molar-refractivity contribution >= 4 is 45.2 Å². The number of anilines is 1. The zero-order chi connectivity index (χ0) is 23.8. The van der Waals surface area contributed by atoms with Crippen molar-refractivity contribution in [2.75, 3.05) is 11.9 Å². The average Bonchev–Trinajstić information content (AvgIpc) is 2.79. The Morgan fingerprint density at radius 1 is 1.12 bits per heavy atom. The third-order valence-electron chi connectivity index (χ3n) is 4.61. The molecule has 0 heterocycles. The minimum Gasteiger partial charge on any atom is -0.490 e. The van der Waals surface area contributed by atoms with Crippen molar-refractivity contribution in [1.82, 2.24) is 0 Å². The molecule has 0 aliphatic heterocycles. The van der Waals surface area contributed by atoms with Crippen LogP contribution in [0.4, 0.5) is 5.69 Å². The molecule has 0 unspecified atom stereocenters. The maximum Gasteiger partial charge on any atom is 0.266 e. The van der Waals surface area contributed by atoms with Crippen molar-refractivity contribution in [2.45, 2.75) is 20.5 Å². The molecule has 33 heavy (non-hydrogen) atoms. The Morgan fingerprint density at radius 3 is 2.45 bits per heavy atom. The van der Waals surface area contributed by atoms with Crippen molar-refractivity contribution in [1.29, 1.82) is 5.26 Å². The second kappa shape index (κ2) is 11.6. The highest BCUT2D eigenvalue weighted by atomic mass is 79.9. The number of halogens is 2. The molecule has 0 saturated heterocycles. The van der Waals surface area contributed by atoms with Crippen molar-refractivity contribution < 1.29 is 14.3 Å². The number of nitrogens with zero attached hydrogens (tertiary/aromatic N) is 1. The third kappa shape index (κ3) is 6.85. The molecule has 0 aromatic heterocycles. The van der Waals surface area contributed by atoms with Crippen LogP contribution in [0.15, 0.2) is 70.7 Å². The highest BCUT2D eigenvalue weighted by Gasteiger charge is 2.15. The molecule has 3 rings (SSSR count). The third-order valence-corrected chi connectivity index (χ3v) is 5.45. The van der Waals surface area contributed by atoms with Gasteiger partial charge in [0.05, 0.1) is 11.1 Å². The van der Waals surface area contributed by atoms with Gasteiger partial charge in [-0.1, -0.05) is 41.4 Å². The smallest absolute Gasteiger partial charge is 0.266 e. The first-order chi connectivity index (χ1) is 15.9. The lowest BCUT2D eigenvalue weighted by Gasteiger charge is -2.15. The molecule has 0 aliphatic carbocycles. The van der Waals surface area contributed by atoms with Gasteiger partial charge in [-0.05, 0) is 83.4 Å². The number of ether oxygens (including phenoxy) is 2. The van der Waals surface area contributed by atoms with Gasteiger partial charge in [0.2, 0.25) is 0 Å². The van der Waals surface area contributed by atoms with Crippen molar-refractivity contribution in [3.05, 3.63) is 92.4 Å². The lowest BCUT2D eigenvalue weighted by Crippen LogP contribution is -2.13. The zero-order valence-corrected chi connectivity index (χ0v) is 20.5. The summed E-state index contributed by atoms with van der Waals surface area (Å²) in [5.41, 5.74) is 3.33. The number of nitrogens with one attached hydrogen (secondary N) is 1. The summed E-state index contributed by atoms with van der Waals surface area (Å²) in [5, 5.41) is 12.8. The normalized spacial score (nSPS) is 10.9. The number of benzene rings is 3. The van der Waals surface area contributed by atoms with Gasteiger partial charge in [-0.3, -0.25) is 4.79 Å². The van der Waals surface area contributed by atoms with E-state index in [1.807, 2.05) is 44.2 Å². The van der Waals surface area contributed by atoms with E-state index in [1.54, 1.807) is 36.4 Å². The minimum atomic E-state index is -0.520. The van der Waals surface area contributed by atoms with E-state index in [2.05, 4.69) is 21.2 Å². The number of nitriles is 1. The topological polar surface area (TPSA) is 71.3 Å². The van der Waals surface area contributed by atoms with Crippen LogP contribution in [0, 0.1) is 18.3 Å². The average molecular weight is 526 g/mol. The molecule has 0 spiro atoms. The summed E-state index contributed by atoms with van der Waals surface area (Å²) in [6, 6.07) is 20.2. The summed E-state index contributed by atoms with van der Waals surface area (Å²) in [7, 11) is 0. The van der Waals surface area contributed by atoms with Crippen LogP contribution < -0.4 is 14.8 Å². The molecule has 7 heteroatoms. The Hall–Kier alpha value is -3.27. The van der Waals surface area contributed by atoms with Gasteiger partial charge < -0.3 is 14.8 Å². The lowest BCUT2D eigenvalue weighted by atomic mass is 10.1. The van der Waals surface area contributed by atoms with Crippen LogP contribution in [0.1, 0.15) is 23.6 Å². The molecule has 5 nitrogen and oxygen atoms in total. The van der Waals surface area contributed by atoms with E-state index in [-0.39, 0.29) is 5.57 Å². The Morgan fingerprint density at radius 2 is 1.82 bits per heavy atom. The standard InChI is InChI=1S/C26H22BrClN2O3/c1-3-32-24-14-19(12-20(15-29)26(31)30-22-10-8-21(28)9-11-22)13-23(27)25(24)33-16-18-6-4-17(2)5-7-18/h4-14H,3,16H2,1-2H3,(H,30,31)/b20-12-. The summed E-state index contributed by atoms with van der Waals surface area (Å²) < 4.78 is 12.4. The first-order valence-corrected chi connectivity index (χ1v) is 11.4. The van der Waals surface area contributed by atoms with Crippen LogP contribution in [0.2, 0.25) is 5.02 Å². The number of carbonyl (C=O) groups is 1. The number of hydrogen-bond acceptors (Lipinski definition) is 4. The quantitative estimate of drug-likeness (QED) is 0.256. The highest BCUT2D eigenvalue weighted by Crippen LogP contribution is 2.38. The largest absolute Gasteiger partial charge is 0.490 e. The molecule has 1 amide bonds. The van der Waals surface area contributed by atoms with Crippen molar-refractivity contribution in [3.8, 4) is 17.6 Å². The fourth-order valence-corrected chi connectivity index (χ4v) is 3.66. The predicted octanol–water partition coefficient (Wildman–Crippen LogP) is 6.93. The van der Waals surface area contributed by atoms with Crippen LogP contribution in [0.3, 0.4) is 0 Å². The number of rotatable bonds is 8. The fraction of sp³-hybridized carbons (Fsp3) is 0.154. The first-order valence-electron chi connectivity index (χ1n) is 10.2. The van der Waals surface area contributed by atoms with Crippen LogP contribution in [0.25, 0.3) is 6.08 Å². The molecule has 0 radical (unpaired) electrons. The van der Waals surface area contributed by atoms with E-state index in [0.29, 0.717) is 45.5 Å². The van der Waals surface area contributed by atoms with Crippen LogP contribution in [-0.2, 0) is 11.4 Å². The van der Waals surface area contributed by atoms with E-state index in [0.717, 1.165) is 5.56 Å². The number of aryl methyl sites for hydroxylation is 1. The zero-order valence-electron chi connectivity index (χ0n) is 18.2. The molecule has 0 aliphatic rings. The van der Waals surface area contributed by atoms with Gasteiger partial charge in [0.15, 0.2) is 11.5 Å². The molecule has 0 atom stereocenters. The number of amides is 1. The Bertz CT molecular complexity index is 1200. The SMILES string of the molecule is CCOc1cc(/C=C(/C#N)C(=O)Nc2ccc(Cl)cc2)cc(Br)c1OCc1ccc(C)cc1. The molecule has 3 aromatic rings.